The molecule has 0 saturated heterocycles. The van der Waals surface area contributed by atoms with Crippen LogP contribution in [0.5, 0.6) is 5.75 Å². The summed E-state index contributed by atoms with van der Waals surface area (Å²) in [7, 11) is 2.00. The van der Waals surface area contributed by atoms with E-state index in [0.29, 0.717) is 12.1 Å². The predicted octanol–water partition coefficient (Wildman–Crippen LogP) is 3.54. The second kappa shape index (κ2) is 6.55. The van der Waals surface area contributed by atoms with E-state index in [2.05, 4.69) is 36.1 Å². The van der Waals surface area contributed by atoms with Crippen LogP contribution in [0.1, 0.15) is 34.0 Å². The summed E-state index contributed by atoms with van der Waals surface area (Å²) in [5.41, 5.74) is 3.88. The molecule has 3 heteroatoms. The van der Waals surface area contributed by atoms with Gasteiger partial charge in [0.1, 0.15) is 5.75 Å². The fourth-order valence-corrected chi connectivity index (χ4v) is 2.28. The molecule has 2 rings (SSSR count). The molecule has 2 aromatic rings. The average Bonchev–Trinajstić information content (AvgIpc) is 2.43. The number of benzene rings is 2. The molecular weight excluding hydrogens is 262 g/mol. The first-order chi connectivity index (χ1) is 9.95. The summed E-state index contributed by atoms with van der Waals surface area (Å²) in [6.45, 7) is 5.00. The normalized spacial score (nSPS) is 10.9. The summed E-state index contributed by atoms with van der Waals surface area (Å²) < 4.78 is 0. The van der Waals surface area contributed by atoms with E-state index in [1.54, 1.807) is 18.2 Å². The zero-order chi connectivity index (χ0) is 15.4. The van der Waals surface area contributed by atoms with Gasteiger partial charge in [-0.3, -0.25) is 9.69 Å². The molecule has 1 N–H and O–H groups in total. The van der Waals surface area contributed by atoms with Gasteiger partial charge in [-0.1, -0.05) is 29.8 Å². The van der Waals surface area contributed by atoms with Gasteiger partial charge < -0.3 is 5.11 Å². The molecule has 0 unspecified atom stereocenters. The number of hydrogen-bond donors (Lipinski definition) is 1. The van der Waals surface area contributed by atoms with Gasteiger partial charge in [-0.25, -0.2) is 0 Å². The van der Waals surface area contributed by atoms with Crippen molar-refractivity contribution in [3.05, 3.63) is 64.7 Å². The van der Waals surface area contributed by atoms with Gasteiger partial charge >= 0.3 is 0 Å². The van der Waals surface area contributed by atoms with Crippen LogP contribution >= 0.6 is 0 Å². The van der Waals surface area contributed by atoms with Crippen LogP contribution in [0.15, 0.2) is 42.5 Å². The molecule has 0 bridgehead atoms. The molecule has 21 heavy (non-hydrogen) atoms. The molecule has 0 spiro atoms. The number of phenols is 1. The second-order valence-corrected chi connectivity index (χ2v) is 5.56. The Kier molecular flexibility index (Phi) is 4.76. The minimum absolute atomic E-state index is 0.0115. The molecule has 0 aliphatic heterocycles. The molecule has 0 aromatic heterocycles. The number of carbonyl (C=O) groups excluding carboxylic acids is 1. The fraction of sp³-hybridized carbons (Fsp3) is 0.278. The molecule has 0 aliphatic rings. The third kappa shape index (κ3) is 4.17. The number of nitrogens with zero attached hydrogens (tertiary/aromatic N) is 1. The first kappa shape index (κ1) is 15.3. The Hall–Kier alpha value is -2.13. The third-order valence-corrected chi connectivity index (χ3v) is 3.50. The van der Waals surface area contributed by atoms with Crippen molar-refractivity contribution in [2.45, 2.75) is 26.9 Å². The van der Waals surface area contributed by atoms with Crippen molar-refractivity contribution in [2.24, 2.45) is 0 Å². The lowest BCUT2D eigenvalue weighted by molar-refractivity contribution is 0.101. The lowest BCUT2D eigenvalue weighted by atomic mass is 10.1. The van der Waals surface area contributed by atoms with Gasteiger partial charge in [-0.15, -0.1) is 0 Å². The Balaban J connectivity index is 2.08. The predicted molar refractivity (Wildman–Crippen MR) is 84.5 cm³/mol. The maximum absolute atomic E-state index is 11.4. The maximum atomic E-state index is 11.4. The molecule has 0 heterocycles. The Bertz CT molecular complexity index is 632. The van der Waals surface area contributed by atoms with Crippen molar-refractivity contribution < 1.29 is 9.90 Å². The molecule has 110 valence electrons. The van der Waals surface area contributed by atoms with E-state index in [9.17, 15) is 9.90 Å². The first-order valence-corrected chi connectivity index (χ1v) is 7.02. The zero-order valence-corrected chi connectivity index (χ0v) is 12.8. The van der Waals surface area contributed by atoms with Crippen molar-refractivity contribution in [3.8, 4) is 5.75 Å². The van der Waals surface area contributed by atoms with Gasteiger partial charge in [-0.05, 0) is 44.7 Å². The number of ketones is 1. The van der Waals surface area contributed by atoms with Crippen LogP contribution < -0.4 is 0 Å². The number of hydrogen-bond acceptors (Lipinski definition) is 3. The Morgan fingerprint density at radius 2 is 1.76 bits per heavy atom. The summed E-state index contributed by atoms with van der Waals surface area (Å²) in [5, 5.41) is 9.93. The van der Waals surface area contributed by atoms with Gasteiger partial charge in [0.15, 0.2) is 5.78 Å². The van der Waals surface area contributed by atoms with Gasteiger partial charge in [0, 0.05) is 24.2 Å². The summed E-state index contributed by atoms with van der Waals surface area (Å²) in [6.07, 6.45) is 0. The van der Waals surface area contributed by atoms with Crippen molar-refractivity contribution in [1.82, 2.24) is 4.90 Å². The molecule has 0 amide bonds. The van der Waals surface area contributed by atoms with Crippen molar-refractivity contribution >= 4 is 5.78 Å². The van der Waals surface area contributed by atoms with E-state index in [1.165, 1.54) is 18.1 Å². The highest BCUT2D eigenvalue weighted by Gasteiger charge is 2.09. The Morgan fingerprint density at radius 3 is 2.38 bits per heavy atom. The zero-order valence-electron chi connectivity index (χ0n) is 12.8. The van der Waals surface area contributed by atoms with Crippen LogP contribution in [0.2, 0.25) is 0 Å². The van der Waals surface area contributed by atoms with Crippen molar-refractivity contribution in [3.63, 3.8) is 0 Å². The standard InChI is InChI=1S/C18H21NO2/c1-13-4-6-15(7-5-13)11-19(3)12-17-10-16(14(2)20)8-9-18(17)21/h4-10,21H,11-12H2,1-3H3. The fourth-order valence-electron chi connectivity index (χ4n) is 2.28. The number of rotatable bonds is 5. The summed E-state index contributed by atoms with van der Waals surface area (Å²) >= 11 is 0. The smallest absolute Gasteiger partial charge is 0.159 e. The van der Waals surface area contributed by atoms with Crippen LogP contribution in [0.4, 0.5) is 0 Å². The van der Waals surface area contributed by atoms with Gasteiger partial charge in [0.25, 0.3) is 0 Å². The Morgan fingerprint density at radius 1 is 1.10 bits per heavy atom. The molecule has 0 radical (unpaired) electrons. The van der Waals surface area contributed by atoms with Gasteiger partial charge in [-0.2, -0.15) is 0 Å². The van der Waals surface area contributed by atoms with Crippen LogP contribution in [0, 0.1) is 6.92 Å². The average molecular weight is 283 g/mol. The second-order valence-electron chi connectivity index (χ2n) is 5.56. The topological polar surface area (TPSA) is 40.5 Å². The molecule has 0 atom stereocenters. The highest BCUT2D eigenvalue weighted by Crippen LogP contribution is 2.21. The molecule has 0 fully saturated rings. The summed E-state index contributed by atoms with van der Waals surface area (Å²) in [6, 6.07) is 13.4. The largest absolute Gasteiger partial charge is 0.508 e. The molecular formula is C18H21NO2. The van der Waals surface area contributed by atoms with Crippen LogP contribution in [0.3, 0.4) is 0 Å². The molecule has 0 saturated carbocycles. The number of phenolic OH excluding ortho intramolecular Hbond substituents is 1. The van der Waals surface area contributed by atoms with Gasteiger partial charge in [0.05, 0.1) is 0 Å². The SMILES string of the molecule is CC(=O)c1ccc(O)c(CN(C)Cc2ccc(C)cc2)c1. The van der Waals surface area contributed by atoms with Crippen molar-refractivity contribution in [2.75, 3.05) is 7.05 Å². The first-order valence-electron chi connectivity index (χ1n) is 7.02. The lowest BCUT2D eigenvalue weighted by Crippen LogP contribution is -2.17. The number of aryl methyl sites for hydroxylation is 1. The highest BCUT2D eigenvalue weighted by molar-refractivity contribution is 5.94. The molecule has 0 aliphatic carbocycles. The van der Waals surface area contributed by atoms with E-state index in [0.717, 1.165) is 12.1 Å². The number of aromatic hydroxyl groups is 1. The van der Waals surface area contributed by atoms with Crippen LogP contribution in [-0.4, -0.2) is 22.8 Å². The Labute approximate surface area is 125 Å². The van der Waals surface area contributed by atoms with Crippen LogP contribution in [-0.2, 0) is 13.1 Å². The van der Waals surface area contributed by atoms with E-state index in [-0.39, 0.29) is 11.5 Å². The monoisotopic (exact) mass is 283 g/mol. The molecule has 2 aromatic carbocycles. The van der Waals surface area contributed by atoms with Gasteiger partial charge in [0.2, 0.25) is 0 Å². The van der Waals surface area contributed by atoms with Crippen LogP contribution in [0.25, 0.3) is 0 Å². The molecule has 3 nitrogen and oxygen atoms in total. The lowest BCUT2D eigenvalue weighted by Gasteiger charge is -2.18. The number of Topliss-reactive ketones (excluding diaryl/α,β-unsaturated/α-hetero) is 1. The maximum Gasteiger partial charge on any atom is 0.159 e. The van der Waals surface area contributed by atoms with E-state index < -0.39 is 0 Å². The van der Waals surface area contributed by atoms with E-state index in [1.807, 2.05) is 7.05 Å². The minimum atomic E-state index is 0.0115. The van der Waals surface area contributed by atoms with E-state index in [4.69, 9.17) is 0 Å². The minimum Gasteiger partial charge on any atom is -0.508 e. The number of carbonyl (C=O) groups is 1. The third-order valence-electron chi connectivity index (χ3n) is 3.50. The van der Waals surface area contributed by atoms with Crippen molar-refractivity contribution in [1.29, 1.82) is 0 Å². The van der Waals surface area contributed by atoms with E-state index >= 15 is 0 Å². The quantitative estimate of drug-likeness (QED) is 0.853. The summed E-state index contributed by atoms with van der Waals surface area (Å²) in [4.78, 5) is 13.5. The summed E-state index contributed by atoms with van der Waals surface area (Å²) in [5.74, 6) is 0.244. The highest BCUT2D eigenvalue weighted by atomic mass is 16.3.